The summed E-state index contributed by atoms with van der Waals surface area (Å²) in [7, 11) is 0. The first kappa shape index (κ1) is 15.8. The van der Waals surface area contributed by atoms with Crippen molar-refractivity contribution in [3.05, 3.63) is 29.8 Å². The van der Waals surface area contributed by atoms with E-state index in [0.29, 0.717) is 18.1 Å². The van der Waals surface area contributed by atoms with E-state index in [0.717, 1.165) is 31.2 Å². The van der Waals surface area contributed by atoms with E-state index in [1.54, 1.807) is 4.90 Å². The van der Waals surface area contributed by atoms with Crippen molar-refractivity contribution in [1.29, 1.82) is 0 Å². The van der Waals surface area contributed by atoms with Crippen LogP contribution in [0.3, 0.4) is 0 Å². The third-order valence-corrected chi connectivity index (χ3v) is 5.04. The van der Waals surface area contributed by atoms with E-state index in [4.69, 9.17) is 4.74 Å². The van der Waals surface area contributed by atoms with Crippen molar-refractivity contribution in [2.45, 2.75) is 51.1 Å². The van der Waals surface area contributed by atoms with Crippen molar-refractivity contribution in [3.63, 3.8) is 0 Å². The molecule has 1 aliphatic heterocycles. The number of likely N-dealkylation sites (tertiary alicyclic amines) is 1. The number of ether oxygens (including phenoxy) is 1. The highest BCUT2D eigenvalue weighted by molar-refractivity contribution is 5.85. The first-order valence-corrected chi connectivity index (χ1v) is 8.29. The number of carboxylic acid groups (broad SMARTS) is 1. The number of benzene rings is 1. The topological polar surface area (TPSA) is 66.8 Å². The maximum atomic E-state index is 12.6. The Labute approximate surface area is 136 Å². The number of nitrogens with zero attached hydrogens (tertiary/aromatic N) is 1. The van der Waals surface area contributed by atoms with Crippen LogP contribution in [0.25, 0.3) is 0 Å². The van der Waals surface area contributed by atoms with Crippen LogP contribution >= 0.6 is 0 Å². The quantitative estimate of drug-likeness (QED) is 0.927. The molecule has 1 amide bonds. The van der Waals surface area contributed by atoms with Gasteiger partial charge >= 0.3 is 5.97 Å². The molecule has 124 valence electrons. The number of hydrogen-bond acceptors (Lipinski definition) is 3. The number of aliphatic carboxylic acids is 1. The summed E-state index contributed by atoms with van der Waals surface area (Å²) in [5.41, 5.74) is 1.12. The van der Waals surface area contributed by atoms with E-state index in [-0.39, 0.29) is 18.6 Å². The van der Waals surface area contributed by atoms with Crippen LogP contribution in [0.2, 0.25) is 0 Å². The molecule has 1 saturated carbocycles. The fourth-order valence-corrected chi connectivity index (χ4v) is 3.89. The molecule has 3 unspecified atom stereocenters. The number of amides is 1. The van der Waals surface area contributed by atoms with Crippen LogP contribution in [0.4, 0.5) is 0 Å². The first-order chi connectivity index (χ1) is 11.1. The van der Waals surface area contributed by atoms with Gasteiger partial charge in [-0.3, -0.25) is 4.79 Å². The number of rotatable bonds is 4. The van der Waals surface area contributed by atoms with Crippen molar-refractivity contribution in [2.24, 2.45) is 5.92 Å². The van der Waals surface area contributed by atoms with Gasteiger partial charge < -0.3 is 14.7 Å². The highest BCUT2D eigenvalue weighted by atomic mass is 16.5. The predicted octanol–water partition coefficient (Wildman–Crippen LogP) is 2.62. The van der Waals surface area contributed by atoms with Crippen molar-refractivity contribution in [3.8, 4) is 5.75 Å². The molecule has 0 bridgehead atoms. The molecular formula is C18H23NO4. The van der Waals surface area contributed by atoms with Crippen LogP contribution in [0.5, 0.6) is 5.75 Å². The normalized spacial score (nSPS) is 26.7. The Hall–Kier alpha value is -2.04. The standard InChI is InChI=1S/C18H23NO4/c1-12-6-8-14(9-7-12)23-11-17(20)19-15-5-3-2-4-13(15)10-16(19)18(21)22/h6-9,13,15-16H,2-5,10-11H2,1H3,(H,21,22). The summed E-state index contributed by atoms with van der Waals surface area (Å²) in [5, 5.41) is 9.46. The van der Waals surface area contributed by atoms with Gasteiger partial charge in [-0.25, -0.2) is 4.79 Å². The van der Waals surface area contributed by atoms with E-state index in [1.165, 1.54) is 0 Å². The minimum absolute atomic E-state index is 0.0685. The minimum Gasteiger partial charge on any atom is -0.484 e. The number of carbonyl (C=O) groups is 2. The number of carbonyl (C=O) groups excluding carboxylic acids is 1. The highest BCUT2D eigenvalue weighted by Gasteiger charge is 2.47. The molecule has 5 nitrogen and oxygen atoms in total. The van der Waals surface area contributed by atoms with Gasteiger partial charge in [-0.2, -0.15) is 0 Å². The Morgan fingerprint density at radius 2 is 1.91 bits per heavy atom. The molecule has 2 fully saturated rings. The average molecular weight is 317 g/mol. The summed E-state index contributed by atoms with van der Waals surface area (Å²) in [4.78, 5) is 25.7. The molecule has 3 atom stereocenters. The maximum Gasteiger partial charge on any atom is 0.326 e. The Kier molecular flexibility index (Phi) is 4.55. The lowest BCUT2D eigenvalue weighted by Gasteiger charge is -2.32. The zero-order valence-electron chi connectivity index (χ0n) is 13.4. The molecule has 2 aliphatic rings. The maximum absolute atomic E-state index is 12.6. The van der Waals surface area contributed by atoms with Crippen molar-refractivity contribution >= 4 is 11.9 Å². The van der Waals surface area contributed by atoms with Gasteiger partial charge in [0.15, 0.2) is 6.61 Å². The van der Waals surface area contributed by atoms with Crippen molar-refractivity contribution in [2.75, 3.05) is 6.61 Å². The van der Waals surface area contributed by atoms with Gasteiger partial charge in [-0.05, 0) is 44.2 Å². The average Bonchev–Trinajstić information content (AvgIpc) is 2.94. The number of hydrogen-bond donors (Lipinski definition) is 1. The van der Waals surface area contributed by atoms with Gasteiger partial charge in [-0.1, -0.05) is 30.5 Å². The van der Waals surface area contributed by atoms with Crippen molar-refractivity contribution in [1.82, 2.24) is 4.90 Å². The summed E-state index contributed by atoms with van der Waals surface area (Å²) >= 11 is 0. The number of fused-ring (bicyclic) bond motifs is 1. The Bertz CT molecular complexity index is 583. The van der Waals surface area contributed by atoms with Crippen LogP contribution in [-0.4, -0.2) is 40.6 Å². The Balaban J connectivity index is 1.68. The van der Waals surface area contributed by atoms with E-state index < -0.39 is 12.0 Å². The lowest BCUT2D eigenvalue weighted by Crippen LogP contribution is -2.48. The third kappa shape index (κ3) is 3.33. The van der Waals surface area contributed by atoms with E-state index in [9.17, 15) is 14.7 Å². The van der Waals surface area contributed by atoms with Crippen LogP contribution in [0, 0.1) is 12.8 Å². The SMILES string of the molecule is Cc1ccc(OCC(=O)N2C(C(=O)O)CC3CCCCC32)cc1. The summed E-state index contributed by atoms with van der Waals surface area (Å²) in [6, 6.07) is 6.87. The van der Waals surface area contributed by atoms with Crippen LogP contribution in [0.1, 0.15) is 37.7 Å². The third-order valence-electron chi connectivity index (χ3n) is 5.04. The number of aryl methyl sites for hydroxylation is 1. The largest absolute Gasteiger partial charge is 0.484 e. The molecule has 23 heavy (non-hydrogen) atoms. The van der Waals surface area contributed by atoms with Crippen LogP contribution in [-0.2, 0) is 9.59 Å². The molecule has 1 heterocycles. The van der Waals surface area contributed by atoms with Gasteiger partial charge in [0.2, 0.25) is 0 Å². The Morgan fingerprint density at radius 3 is 2.61 bits per heavy atom. The van der Waals surface area contributed by atoms with E-state index in [2.05, 4.69) is 0 Å². The van der Waals surface area contributed by atoms with Gasteiger partial charge in [-0.15, -0.1) is 0 Å². The molecular weight excluding hydrogens is 294 g/mol. The van der Waals surface area contributed by atoms with Gasteiger partial charge in [0, 0.05) is 6.04 Å². The smallest absolute Gasteiger partial charge is 0.326 e. The first-order valence-electron chi connectivity index (χ1n) is 8.29. The molecule has 1 aliphatic carbocycles. The van der Waals surface area contributed by atoms with Crippen molar-refractivity contribution < 1.29 is 19.4 Å². The summed E-state index contributed by atoms with van der Waals surface area (Å²) in [6.07, 6.45) is 4.71. The fraction of sp³-hybridized carbons (Fsp3) is 0.556. The molecule has 0 radical (unpaired) electrons. The summed E-state index contributed by atoms with van der Waals surface area (Å²) in [5.74, 6) is -0.154. The lowest BCUT2D eigenvalue weighted by atomic mass is 9.85. The zero-order valence-corrected chi connectivity index (χ0v) is 13.4. The Morgan fingerprint density at radius 1 is 1.22 bits per heavy atom. The molecule has 0 spiro atoms. The monoisotopic (exact) mass is 317 g/mol. The fourth-order valence-electron chi connectivity index (χ4n) is 3.89. The summed E-state index contributed by atoms with van der Waals surface area (Å²) in [6.45, 7) is 1.88. The van der Waals surface area contributed by atoms with Crippen LogP contribution in [0.15, 0.2) is 24.3 Å². The van der Waals surface area contributed by atoms with Crippen LogP contribution < -0.4 is 4.74 Å². The van der Waals surface area contributed by atoms with E-state index in [1.807, 2.05) is 31.2 Å². The second-order valence-electron chi connectivity index (χ2n) is 6.60. The molecule has 1 N–H and O–H groups in total. The van der Waals surface area contributed by atoms with Gasteiger partial charge in [0.1, 0.15) is 11.8 Å². The molecule has 3 rings (SSSR count). The lowest BCUT2D eigenvalue weighted by molar-refractivity contribution is -0.150. The highest BCUT2D eigenvalue weighted by Crippen LogP contribution is 2.39. The predicted molar refractivity (Wildman–Crippen MR) is 85.3 cm³/mol. The molecule has 1 aromatic carbocycles. The second kappa shape index (κ2) is 6.60. The summed E-state index contributed by atoms with van der Waals surface area (Å²) < 4.78 is 5.56. The molecule has 5 heteroatoms. The number of carboxylic acids is 1. The van der Waals surface area contributed by atoms with Gasteiger partial charge in [0.05, 0.1) is 0 Å². The molecule has 1 aromatic rings. The zero-order chi connectivity index (χ0) is 16.4. The second-order valence-corrected chi connectivity index (χ2v) is 6.60. The van der Waals surface area contributed by atoms with E-state index >= 15 is 0 Å². The van der Waals surface area contributed by atoms with Gasteiger partial charge in [0.25, 0.3) is 5.91 Å². The molecule has 0 aromatic heterocycles. The minimum atomic E-state index is -0.900. The molecule has 1 saturated heterocycles.